The summed E-state index contributed by atoms with van der Waals surface area (Å²) in [6, 6.07) is 7.18. The van der Waals surface area contributed by atoms with Gasteiger partial charge in [-0.3, -0.25) is 9.59 Å². The highest BCUT2D eigenvalue weighted by atomic mass is 16.2. The van der Waals surface area contributed by atoms with Gasteiger partial charge in [0.2, 0.25) is 0 Å². The number of carbonyl (C=O) groups is 1. The van der Waals surface area contributed by atoms with Gasteiger partial charge in [-0.1, -0.05) is 32.0 Å². The summed E-state index contributed by atoms with van der Waals surface area (Å²) in [7, 11) is 0. The lowest BCUT2D eigenvalue weighted by atomic mass is 9.91. The molecule has 0 aliphatic carbocycles. The second-order valence-electron chi connectivity index (χ2n) is 7.39. The molecule has 24 heavy (non-hydrogen) atoms. The summed E-state index contributed by atoms with van der Waals surface area (Å²) in [4.78, 5) is 27.6. The summed E-state index contributed by atoms with van der Waals surface area (Å²) in [5.74, 6) is 0.902. The van der Waals surface area contributed by atoms with Gasteiger partial charge in [0.25, 0.3) is 11.5 Å². The van der Waals surface area contributed by atoms with Crippen molar-refractivity contribution in [3.8, 4) is 0 Å². The Morgan fingerprint density at radius 3 is 2.29 bits per heavy atom. The molecule has 128 valence electrons. The number of hydrogen-bond donors (Lipinski definition) is 0. The van der Waals surface area contributed by atoms with E-state index in [2.05, 4.69) is 18.9 Å². The molecule has 1 fully saturated rings. The molecule has 2 unspecified atom stereocenters. The molecule has 2 heterocycles. The number of aromatic nitrogens is 2. The van der Waals surface area contributed by atoms with Crippen molar-refractivity contribution in [3.05, 3.63) is 40.3 Å². The van der Waals surface area contributed by atoms with E-state index in [4.69, 9.17) is 0 Å². The Hall–Kier alpha value is -2.17. The van der Waals surface area contributed by atoms with Crippen LogP contribution in [-0.4, -0.2) is 33.7 Å². The highest BCUT2D eigenvalue weighted by Crippen LogP contribution is 2.24. The average Bonchev–Trinajstić information content (AvgIpc) is 2.53. The van der Waals surface area contributed by atoms with Gasteiger partial charge in [-0.15, -0.1) is 0 Å². The van der Waals surface area contributed by atoms with Crippen molar-refractivity contribution < 1.29 is 4.79 Å². The third-order valence-electron chi connectivity index (χ3n) is 4.68. The third kappa shape index (κ3) is 2.95. The van der Waals surface area contributed by atoms with E-state index in [-0.39, 0.29) is 17.5 Å². The van der Waals surface area contributed by atoms with Gasteiger partial charge in [0.15, 0.2) is 5.69 Å². The van der Waals surface area contributed by atoms with Crippen LogP contribution >= 0.6 is 0 Å². The Bertz CT molecular complexity index is 815. The van der Waals surface area contributed by atoms with Gasteiger partial charge in [-0.05, 0) is 38.2 Å². The van der Waals surface area contributed by atoms with Gasteiger partial charge in [0.05, 0.1) is 11.4 Å². The molecule has 5 heteroatoms. The summed E-state index contributed by atoms with van der Waals surface area (Å²) in [6.45, 7) is 9.66. The highest BCUT2D eigenvalue weighted by Gasteiger charge is 2.28. The maximum absolute atomic E-state index is 13.1. The zero-order chi connectivity index (χ0) is 17.4. The lowest BCUT2D eigenvalue weighted by Crippen LogP contribution is -2.43. The molecule has 1 amide bonds. The molecule has 1 aromatic heterocycles. The molecule has 1 aromatic carbocycles. The van der Waals surface area contributed by atoms with Crippen molar-refractivity contribution in [2.75, 3.05) is 13.1 Å². The van der Waals surface area contributed by atoms with Crippen LogP contribution in [0, 0.1) is 11.8 Å². The number of fused-ring (bicyclic) bond motifs is 1. The maximum atomic E-state index is 13.1. The maximum Gasteiger partial charge on any atom is 0.274 e. The summed E-state index contributed by atoms with van der Waals surface area (Å²) in [6.07, 6.45) is 1.14. The molecule has 5 nitrogen and oxygen atoms in total. The molecule has 0 spiro atoms. The van der Waals surface area contributed by atoms with Gasteiger partial charge >= 0.3 is 0 Å². The SMILES string of the molecule is CC1CC(C)CN(C(=O)c2nn(C(C)C)c(=O)c3ccccc23)C1. The van der Waals surface area contributed by atoms with Gasteiger partial charge in [0.1, 0.15) is 0 Å². The Morgan fingerprint density at radius 1 is 1.12 bits per heavy atom. The van der Waals surface area contributed by atoms with E-state index in [1.165, 1.54) is 4.68 Å². The molecule has 0 saturated carbocycles. The minimum atomic E-state index is -0.141. The van der Waals surface area contributed by atoms with Gasteiger partial charge < -0.3 is 4.90 Å². The number of piperidine rings is 1. The molecule has 0 N–H and O–H groups in total. The molecule has 1 aliphatic heterocycles. The molecular weight excluding hydrogens is 302 g/mol. The van der Waals surface area contributed by atoms with Crippen LogP contribution in [0.4, 0.5) is 0 Å². The first-order chi connectivity index (χ1) is 11.4. The topological polar surface area (TPSA) is 55.2 Å². The minimum absolute atomic E-state index is 0.0704. The summed E-state index contributed by atoms with van der Waals surface area (Å²) in [5, 5.41) is 5.64. The normalized spacial score (nSPS) is 21.5. The Labute approximate surface area is 142 Å². The second-order valence-corrected chi connectivity index (χ2v) is 7.39. The molecule has 2 atom stereocenters. The molecule has 0 radical (unpaired) electrons. The van der Waals surface area contributed by atoms with Crippen LogP contribution < -0.4 is 5.56 Å². The molecule has 1 aliphatic rings. The van der Waals surface area contributed by atoms with E-state index in [0.717, 1.165) is 19.5 Å². The smallest absolute Gasteiger partial charge is 0.274 e. The van der Waals surface area contributed by atoms with Gasteiger partial charge in [0, 0.05) is 18.5 Å². The van der Waals surface area contributed by atoms with Crippen molar-refractivity contribution in [2.45, 2.75) is 40.2 Å². The van der Waals surface area contributed by atoms with Crippen LogP contribution in [0.3, 0.4) is 0 Å². The first-order valence-electron chi connectivity index (χ1n) is 8.69. The fourth-order valence-corrected chi connectivity index (χ4v) is 3.69. The van der Waals surface area contributed by atoms with Crippen molar-refractivity contribution in [2.24, 2.45) is 11.8 Å². The molecule has 1 saturated heterocycles. The molecule has 3 rings (SSSR count). The fourth-order valence-electron chi connectivity index (χ4n) is 3.69. The number of rotatable bonds is 2. The van der Waals surface area contributed by atoms with E-state index in [9.17, 15) is 9.59 Å². The van der Waals surface area contributed by atoms with Gasteiger partial charge in [-0.2, -0.15) is 5.10 Å². The Kier molecular flexibility index (Phi) is 4.43. The summed E-state index contributed by atoms with van der Waals surface area (Å²) in [5.41, 5.74) is 0.248. The zero-order valence-corrected chi connectivity index (χ0v) is 14.8. The monoisotopic (exact) mass is 327 g/mol. The second kappa shape index (κ2) is 6.38. The quantitative estimate of drug-likeness (QED) is 0.851. The van der Waals surface area contributed by atoms with Crippen LogP contribution in [0.5, 0.6) is 0 Å². The number of nitrogens with zero attached hydrogens (tertiary/aromatic N) is 3. The van der Waals surface area contributed by atoms with Crippen molar-refractivity contribution in [3.63, 3.8) is 0 Å². The lowest BCUT2D eigenvalue weighted by Gasteiger charge is -2.35. The predicted molar refractivity (Wildman–Crippen MR) is 95.2 cm³/mol. The van der Waals surface area contributed by atoms with Crippen LogP contribution in [0.1, 0.15) is 50.6 Å². The van der Waals surface area contributed by atoms with Gasteiger partial charge in [-0.25, -0.2) is 4.68 Å². The Morgan fingerprint density at radius 2 is 1.71 bits per heavy atom. The van der Waals surface area contributed by atoms with Crippen molar-refractivity contribution in [1.29, 1.82) is 0 Å². The van der Waals surface area contributed by atoms with E-state index in [0.29, 0.717) is 28.3 Å². The fraction of sp³-hybridized carbons (Fsp3) is 0.526. The van der Waals surface area contributed by atoms with Crippen LogP contribution in [0.25, 0.3) is 10.8 Å². The summed E-state index contributed by atoms with van der Waals surface area (Å²) < 4.78 is 1.42. The van der Waals surface area contributed by atoms with Crippen LogP contribution in [0.15, 0.2) is 29.1 Å². The van der Waals surface area contributed by atoms with E-state index >= 15 is 0 Å². The van der Waals surface area contributed by atoms with Crippen LogP contribution in [-0.2, 0) is 0 Å². The van der Waals surface area contributed by atoms with E-state index in [1.54, 1.807) is 6.07 Å². The van der Waals surface area contributed by atoms with E-state index in [1.807, 2.05) is 36.9 Å². The lowest BCUT2D eigenvalue weighted by molar-refractivity contribution is 0.0616. The zero-order valence-electron chi connectivity index (χ0n) is 14.8. The van der Waals surface area contributed by atoms with Crippen LogP contribution in [0.2, 0.25) is 0 Å². The minimum Gasteiger partial charge on any atom is -0.337 e. The number of carbonyl (C=O) groups excluding carboxylic acids is 1. The largest absolute Gasteiger partial charge is 0.337 e. The average molecular weight is 327 g/mol. The van der Waals surface area contributed by atoms with E-state index < -0.39 is 0 Å². The number of hydrogen-bond acceptors (Lipinski definition) is 3. The highest BCUT2D eigenvalue weighted by molar-refractivity contribution is 6.04. The summed E-state index contributed by atoms with van der Waals surface area (Å²) >= 11 is 0. The molecule has 0 bridgehead atoms. The number of likely N-dealkylation sites (tertiary alicyclic amines) is 1. The van der Waals surface area contributed by atoms with Crippen molar-refractivity contribution >= 4 is 16.7 Å². The first-order valence-corrected chi connectivity index (χ1v) is 8.69. The van der Waals surface area contributed by atoms with Crippen molar-refractivity contribution in [1.82, 2.24) is 14.7 Å². The standard InChI is InChI=1S/C19H25N3O2/c1-12(2)22-18(23)16-8-6-5-7-15(16)17(20-22)19(24)21-10-13(3)9-14(4)11-21/h5-8,12-14H,9-11H2,1-4H3. The molecular formula is C19H25N3O2. The predicted octanol–water partition coefficient (Wildman–Crippen LogP) is 3.10. The Balaban J connectivity index is 2.13. The number of benzene rings is 1. The number of amides is 1. The first kappa shape index (κ1) is 16.7. The molecule has 2 aromatic rings. The third-order valence-corrected chi connectivity index (χ3v) is 4.68.